The first-order valence-electron chi connectivity index (χ1n) is 10.1. The minimum Gasteiger partial charge on any atom is -0.403 e. The van der Waals surface area contributed by atoms with E-state index in [2.05, 4.69) is 15.5 Å². The number of amides is 1. The Bertz CT molecular complexity index is 1220. The smallest absolute Gasteiger partial charge is 0.322 e. The highest BCUT2D eigenvalue weighted by molar-refractivity contribution is 7.89. The summed E-state index contributed by atoms with van der Waals surface area (Å²) < 4.78 is 32.9. The van der Waals surface area contributed by atoms with Gasteiger partial charge in [0.05, 0.1) is 4.90 Å². The van der Waals surface area contributed by atoms with Crippen molar-refractivity contribution in [2.45, 2.75) is 44.6 Å². The summed E-state index contributed by atoms with van der Waals surface area (Å²) in [5, 5.41) is 10.5. The van der Waals surface area contributed by atoms with E-state index in [0.29, 0.717) is 12.8 Å². The number of aryl methyl sites for hydroxylation is 3. The van der Waals surface area contributed by atoms with Crippen LogP contribution in [0.15, 0.2) is 51.8 Å². The SMILES string of the molecule is Cc1ccc(S(=O)(=O)N2CCC[C@@H]2C(=O)Nc2nnc(-c3ccc(C)c(C)c3)o2)cc1. The fourth-order valence-corrected chi connectivity index (χ4v) is 5.25. The molecular formula is C22H24N4O4S. The fourth-order valence-electron chi connectivity index (χ4n) is 3.59. The molecule has 0 radical (unpaired) electrons. The van der Waals surface area contributed by atoms with E-state index in [1.54, 1.807) is 24.3 Å². The molecule has 0 spiro atoms. The van der Waals surface area contributed by atoms with E-state index in [1.807, 2.05) is 39.0 Å². The molecule has 8 nitrogen and oxygen atoms in total. The second-order valence-corrected chi connectivity index (χ2v) is 9.68. The second kappa shape index (κ2) is 8.24. The topological polar surface area (TPSA) is 105 Å². The van der Waals surface area contributed by atoms with Crippen LogP contribution in [0.5, 0.6) is 0 Å². The van der Waals surface area contributed by atoms with E-state index in [9.17, 15) is 13.2 Å². The van der Waals surface area contributed by atoms with Gasteiger partial charge in [-0.3, -0.25) is 10.1 Å². The van der Waals surface area contributed by atoms with Gasteiger partial charge in [-0.1, -0.05) is 28.9 Å². The highest BCUT2D eigenvalue weighted by Gasteiger charge is 2.39. The molecule has 4 rings (SSSR count). The number of anilines is 1. The Morgan fingerprint density at radius 2 is 1.81 bits per heavy atom. The number of carbonyl (C=O) groups is 1. The third kappa shape index (κ3) is 4.24. The van der Waals surface area contributed by atoms with Gasteiger partial charge in [0.25, 0.3) is 0 Å². The minimum absolute atomic E-state index is 0.0576. The van der Waals surface area contributed by atoms with Crippen LogP contribution in [0.25, 0.3) is 11.5 Å². The van der Waals surface area contributed by atoms with E-state index >= 15 is 0 Å². The lowest BCUT2D eigenvalue weighted by Crippen LogP contribution is -2.43. The normalized spacial score (nSPS) is 17.1. The molecular weight excluding hydrogens is 416 g/mol. The lowest BCUT2D eigenvalue weighted by Gasteiger charge is -2.22. The van der Waals surface area contributed by atoms with Crippen LogP contribution >= 0.6 is 0 Å². The van der Waals surface area contributed by atoms with Crippen LogP contribution < -0.4 is 5.32 Å². The third-order valence-corrected chi connectivity index (χ3v) is 7.47. The average Bonchev–Trinajstić information content (AvgIpc) is 3.40. The van der Waals surface area contributed by atoms with Gasteiger partial charge in [-0.15, -0.1) is 5.10 Å². The molecule has 1 aliphatic rings. The Balaban J connectivity index is 1.51. The van der Waals surface area contributed by atoms with Gasteiger partial charge < -0.3 is 4.42 Å². The number of nitrogens with zero attached hydrogens (tertiary/aromatic N) is 3. The maximum atomic E-state index is 13.1. The van der Waals surface area contributed by atoms with Crippen molar-refractivity contribution >= 4 is 21.9 Å². The highest BCUT2D eigenvalue weighted by Crippen LogP contribution is 2.28. The molecule has 0 saturated carbocycles. The molecule has 1 N–H and O–H groups in total. The Morgan fingerprint density at radius 1 is 1.06 bits per heavy atom. The van der Waals surface area contributed by atoms with Crippen molar-refractivity contribution in [3.8, 4) is 11.5 Å². The molecule has 1 amide bonds. The van der Waals surface area contributed by atoms with Crippen LogP contribution in [0.4, 0.5) is 6.01 Å². The number of nitrogens with one attached hydrogen (secondary N) is 1. The molecule has 31 heavy (non-hydrogen) atoms. The molecule has 3 aromatic rings. The van der Waals surface area contributed by atoms with Gasteiger partial charge in [-0.05, 0) is 69.0 Å². The van der Waals surface area contributed by atoms with Crippen molar-refractivity contribution in [3.63, 3.8) is 0 Å². The Kier molecular flexibility index (Phi) is 5.63. The van der Waals surface area contributed by atoms with Gasteiger partial charge in [0.1, 0.15) is 6.04 Å². The predicted molar refractivity (Wildman–Crippen MR) is 116 cm³/mol. The van der Waals surface area contributed by atoms with Gasteiger partial charge in [-0.2, -0.15) is 4.31 Å². The van der Waals surface area contributed by atoms with Crippen molar-refractivity contribution in [2.75, 3.05) is 11.9 Å². The maximum Gasteiger partial charge on any atom is 0.322 e. The number of benzene rings is 2. The van der Waals surface area contributed by atoms with Gasteiger partial charge in [0.2, 0.25) is 21.8 Å². The van der Waals surface area contributed by atoms with Gasteiger partial charge in [-0.25, -0.2) is 8.42 Å². The maximum absolute atomic E-state index is 13.1. The van der Waals surface area contributed by atoms with Crippen LogP contribution in [0.3, 0.4) is 0 Å². The summed E-state index contributed by atoms with van der Waals surface area (Å²) in [4.78, 5) is 13.0. The number of aromatic nitrogens is 2. The van der Waals surface area contributed by atoms with Gasteiger partial charge in [0, 0.05) is 12.1 Å². The summed E-state index contributed by atoms with van der Waals surface area (Å²) in [6.45, 7) is 6.17. The number of sulfonamides is 1. The third-order valence-electron chi connectivity index (χ3n) is 5.54. The molecule has 2 heterocycles. The predicted octanol–water partition coefficient (Wildman–Crippen LogP) is 3.45. The summed E-state index contributed by atoms with van der Waals surface area (Å²) in [6.07, 6.45) is 1.02. The quantitative estimate of drug-likeness (QED) is 0.651. The Labute approximate surface area is 181 Å². The zero-order valence-corrected chi connectivity index (χ0v) is 18.4. The zero-order valence-electron chi connectivity index (χ0n) is 17.6. The van der Waals surface area contributed by atoms with Crippen molar-refractivity contribution in [1.82, 2.24) is 14.5 Å². The molecule has 2 aromatic carbocycles. The fraction of sp³-hybridized carbons (Fsp3) is 0.318. The number of hydrogen-bond acceptors (Lipinski definition) is 6. The molecule has 162 valence electrons. The molecule has 0 aliphatic carbocycles. The number of hydrogen-bond donors (Lipinski definition) is 1. The summed E-state index contributed by atoms with van der Waals surface area (Å²) >= 11 is 0. The standard InChI is InChI=1S/C22H24N4O4S/c1-14-6-10-18(11-7-14)31(28,29)26-12-4-5-19(26)20(27)23-22-25-24-21(30-22)17-9-8-15(2)16(3)13-17/h6-11,13,19H,4-5,12H2,1-3H3,(H,23,25,27)/t19-/m1/s1. The van der Waals surface area contributed by atoms with Crippen LogP contribution in [0.1, 0.15) is 29.5 Å². The first kappa shape index (κ1) is 21.2. The Morgan fingerprint density at radius 3 is 2.52 bits per heavy atom. The number of rotatable bonds is 5. The van der Waals surface area contributed by atoms with Crippen LogP contribution in [0, 0.1) is 20.8 Å². The number of carbonyl (C=O) groups excluding carboxylic acids is 1. The highest BCUT2D eigenvalue weighted by atomic mass is 32.2. The zero-order chi connectivity index (χ0) is 22.2. The van der Waals surface area contributed by atoms with Crippen molar-refractivity contribution in [2.24, 2.45) is 0 Å². The lowest BCUT2D eigenvalue weighted by atomic mass is 10.1. The molecule has 0 unspecified atom stereocenters. The van der Waals surface area contributed by atoms with Crippen molar-refractivity contribution < 1.29 is 17.6 Å². The first-order chi connectivity index (χ1) is 14.8. The minimum atomic E-state index is -3.78. The van der Waals surface area contributed by atoms with Crippen LogP contribution in [-0.2, 0) is 14.8 Å². The molecule has 1 saturated heterocycles. The van der Waals surface area contributed by atoms with Gasteiger partial charge in [0.15, 0.2) is 0 Å². The summed E-state index contributed by atoms with van der Waals surface area (Å²) in [7, 11) is -3.78. The average molecular weight is 441 g/mol. The molecule has 1 aromatic heterocycles. The first-order valence-corrected chi connectivity index (χ1v) is 11.5. The largest absolute Gasteiger partial charge is 0.403 e. The summed E-state index contributed by atoms with van der Waals surface area (Å²) in [5.41, 5.74) is 3.95. The molecule has 1 atom stereocenters. The molecule has 1 fully saturated rings. The summed E-state index contributed by atoms with van der Waals surface area (Å²) in [6, 6.07) is 11.5. The molecule has 0 bridgehead atoms. The van der Waals surface area contributed by atoms with Crippen LogP contribution in [0.2, 0.25) is 0 Å². The van der Waals surface area contributed by atoms with E-state index in [1.165, 1.54) is 4.31 Å². The van der Waals surface area contributed by atoms with E-state index in [0.717, 1.165) is 22.3 Å². The summed E-state index contributed by atoms with van der Waals surface area (Å²) in [5.74, 6) is -0.197. The second-order valence-electron chi connectivity index (χ2n) is 7.79. The molecule has 9 heteroatoms. The van der Waals surface area contributed by atoms with E-state index in [-0.39, 0.29) is 23.3 Å². The van der Waals surface area contributed by atoms with E-state index < -0.39 is 22.0 Å². The van der Waals surface area contributed by atoms with Gasteiger partial charge >= 0.3 is 6.01 Å². The lowest BCUT2D eigenvalue weighted by molar-refractivity contribution is -0.119. The van der Waals surface area contributed by atoms with E-state index in [4.69, 9.17) is 4.42 Å². The monoisotopic (exact) mass is 440 g/mol. The van der Waals surface area contributed by atoms with Crippen LogP contribution in [-0.4, -0.2) is 41.4 Å². The van der Waals surface area contributed by atoms with Crippen molar-refractivity contribution in [3.05, 3.63) is 59.2 Å². The van der Waals surface area contributed by atoms with Crippen molar-refractivity contribution in [1.29, 1.82) is 0 Å². The molecule has 1 aliphatic heterocycles. The Hall–Kier alpha value is -3.04.